The average molecular weight is 364 g/mol. The highest BCUT2D eigenvalue weighted by Gasteiger charge is 2.33. The molecule has 0 radical (unpaired) electrons. The van der Waals surface area contributed by atoms with Gasteiger partial charge in [-0.05, 0) is 31.1 Å². The molecule has 2 aromatic rings. The van der Waals surface area contributed by atoms with Gasteiger partial charge in [0.2, 0.25) is 5.91 Å². The van der Waals surface area contributed by atoms with Gasteiger partial charge in [0.1, 0.15) is 5.01 Å². The smallest absolute Gasteiger partial charge is 0.246 e. The van der Waals surface area contributed by atoms with Gasteiger partial charge in [0.05, 0.1) is 21.7 Å². The first-order chi connectivity index (χ1) is 11.5. The van der Waals surface area contributed by atoms with Gasteiger partial charge in [-0.15, -0.1) is 11.3 Å². The monoisotopic (exact) mass is 364 g/mol. The van der Waals surface area contributed by atoms with Crippen molar-refractivity contribution in [3.05, 3.63) is 35.3 Å². The molecule has 1 saturated heterocycles. The lowest BCUT2D eigenvalue weighted by Crippen LogP contribution is -2.40. The summed E-state index contributed by atoms with van der Waals surface area (Å²) in [5.41, 5.74) is 0.918. The summed E-state index contributed by atoms with van der Waals surface area (Å²) in [5.74, 6) is 0.110. The van der Waals surface area contributed by atoms with E-state index in [2.05, 4.69) is 4.98 Å². The van der Waals surface area contributed by atoms with Crippen molar-refractivity contribution < 1.29 is 13.2 Å². The van der Waals surface area contributed by atoms with Crippen molar-refractivity contribution in [1.29, 1.82) is 0 Å². The fourth-order valence-electron chi connectivity index (χ4n) is 2.93. The normalized spacial score (nSPS) is 20.0. The SMILES string of the molecule is CCCN(C(=O)/C=C/c1nc2ccccc2s1)[C@H]1CCS(=O)(=O)C1. The number of hydrogen-bond donors (Lipinski definition) is 0. The zero-order chi connectivity index (χ0) is 17.2. The van der Waals surface area contributed by atoms with Gasteiger partial charge in [-0.2, -0.15) is 0 Å². The fraction of sp³-hybridized carbons (Fsp3) is 0.412. The quantitative estimate of drug-likeness (QED) is 0.765. The molecule has 0 aliphatic carbocycles. The van der Waals surface area contributed by atoms with Gasteiger partial charge < -0.3 is 4.90 Å². The van der Waals surface area contributed by atoms with E-state index in [1.54, 1.807) is 11.0 Å². The van der Waals surface area contributed by atoms with Crippen molar-refractivity contribution in [1.82, 2.24) is 9.88 Å². The van der Waals surface area contributed by atoms with E-state index in [4.69, 9.17) is 0 Å². The van der Waals surface area contributed by atoms with Gasteiger partial charge >= 0.3 is 0 Å². The van der Waals surface area contributed by atoms with Crippen LogP contribution in [0.2, 0.25) is 0 Å². The predicted molar refractivity (Wildman–Crippen MR) is 97.7 cm³/mol. The number of amides is 1. The standard InChI is InChI=1S/C17H20N2O3S2/c1-2-10-19(13-9-11-24(21,22)12-13)17(20)8-7-16-18-14-5-3-4-6-15(14)23-16/h3-8,13H,2,9-12H2,1H3/b8-7+/t13-/m0/s1. The number of fused-ring (bicyclic) bond motifs is 1. The largest absolute Gasteiger partial charge is 0.335 e. The topological polar surface area (TPSA) is 67.3 Å². The van der Waals surface area contributed by atoms with Crippen LogP contribution < -0.4 is 0 Å². The molecule has 128 valence electrons. The van der Waals surface area contributed by atoms with E-state index in [-0.39, 0.29) is 23.5 Å². The first-order valence-electron chi connectivity index (χ1n) is 8.03. The number of carbonyl (C=O) groups excluding carboxylic acids is 1. The molecule has 5 nitrogen and oxygen atoms in total. The molecule has 0 unspecified atom stereocenters. The lowest BCUT2D eigenvalue weighted by atomic mass is 10.2. The van der Waals surface area contributed by atoms with Crippen LogP contribution in [0.1, 0.15) is 24.8 Å². The average Bonchev–Trinajstić information content (AvgIpc) is 3.12. The van der Waals surface area contributed by atoms with Crippen molar-refractivity contribution in [2.24, 2.45) is 0 Å². The van der Waals surface area contributed by atoms with Crippen LogP contribution >= 0.6 is 11.3 Å². The Morgan fingerprint density at radius 3 is 2.88 bits per heavy atom. The van der Waals surface area contributed by atoms with E-state index in [9.17, 15) is 13.2 Å². The van der Waals surface area contributed by atoms with E-state index in [0.29, 0.717) is 13.0 Å². The number of carbonyl (C=O) groups is 1. The summed E-state index contributed by atoms with van der Waals surface area (Å²) in [4.78, 5) is 18.7. The molecule has 3 rings (SSSR count). The first kappa shape index (κ1) is 17.1. The molecule has 0 saturated carbocycles. The number of aromatic nitrogens is 1. The Morgan fingerprint density at radius 2 is 2.21 bits per heavy atom. The lowest BCUT2D eigenvalue weighted by molar-refractivity contribution is -0.127. The van der Waals surface area contributed by atoms with E-state index < -0.39 is 9.84 Å². The highest BCUT2D eigenvalue weighted by molar-refractivity contribution is 7.91. The third-order valence-electron chi connectivity index (χ3n) is 4.08. The first-order valence-corrected chi connectivity index (χ1v) is 10.7. The summed E-state index contributed by atoms with van der Waals surface area (Å²) >= 11 is 1.53. The fourth-order valence-corrected chi connectivity index (χ4v) is 5.54. The Labute approximate surface area is 145 Å². The van der Waals surface area contributed by atoms with Crippen molar-refractivity contribution in [3.63, 3.8) is 0 Å². The second-order valence-corrected chi connectivity index (χ2v) is 9.23. The molecule has 1 aliphatic rings. The van der Waals surface area contributed by atoms with Gasteiger partial charge in [-0.25, -0.2) is 13.4 Å². The van der Waals surface area contributed by atoms with Crippen LogP contribution in [-0.4, -0.2) is 48.3 Å². The second-order valence-electron chi connectivity index (χ2n) is 5.94. The molecule has 0 spiro atoms. The maximum Gasteiger partial charge on any atom is 0.246 e. The summed E-state index contributed by atoms with van der Waals surface area (Å²) in [6.45, 7) is 2.56. The van der Waals surface area contributed by atoms with E-state index >= 15 is 0 Å². The maximum atomic E-state index is 12.5. The Kier molecular flexibility index (Phi) is 5.01. The number of hydrogen-bond acceptors (Lipinski definition) is 5. The van der Waals surface area contributed by atoms with Crippen LogP contribution in [0.15, 0.2) is 30.3 Å². The molecule has 1 fully saturated rings. The lowest BCUT2D eigenvalue weighted by Gasteiger charge is -2.26. The molecule has 1 aromatic carbocycles. The van der Waals surface area contributed by atoms with Crippen molar-refractivity contribution in [2.75, 3.05) is 18.1 Å². The Morgan fingerprint density at radius 1 is 1.42 bits per heavy atom. The van der Waals surface area contributed by atoms with E-state index in [1.165, 1.54) is 17.4 Å². The Hall–Kier alpha value is -1.73. The minimum absolute atomic E-state index is 0.0771. The number of para-hydroxylation sites is 1. The van der Waals surface area contributed by atoms with Gasteiger partial charge in [0.25, 0.3) is 0 Å². The van der Waals surface area contributed by atoms with Crippen molar-refractivity contribution in [2.45, 2.75) is 25.8 Å². The summed E-state index contributed by atoms with van der Waals surface area (Å²) in [5, 5.41) is 0.778. The van der Waals surface area contributed by atoms with Gasteiger partial charge in [-0.1, -0.05) is 19.1 Å². The number of benzene rings is 1. The molecule has 1 aromatic heterocycles. The Balaban J connectivity index is 1.75. The second kappa shape index (κ2) is 7.03. The van der Waals surface area contributed by atoms with Crippen LogP contribution in [0.3, 0.4) is 0 Å². The molecule has 1 atom stereocenters. The van der Waals surface area contributed by atoms with Crippen LogP contribution in [0, 0.1) is 0 Å². The summed E-state index contributed by atoms with van der Waals surface area (Å²) < 4.78 is 24.5. The minimum atomic E-state index is -3.01. The van der Waals surface area contributed by atoms with Crippen LogP contribution in [-0.2, 0) is 14.6 Å². The number of thiazole rings is 1. The van der Waals surface area contributed by atoms with Gasteiger partial charge in [0.15, 0.2) is 9.84 Å². The number of sulfone groups is 1. The van der Waals surface area contributed by atoms with Crippen molar-refractivity contribution in [3.8, 4) is 0 Å². The molecule has 1 aliphatic heterocycles. The number of rotatable bonds is 5. The number of nitrogens with zero attached hydrogens (tertiary/aromatic N) is 2. The van der Waals surface area contributed by atoms with E-state index in [0.717, 1.165) is 21.6 Å². The third kappa shape index (κ3) is 3.84. The zero-order valence-corrected chi connectivity index (χ0v) is 15.1. The Bertz CT molecular complexity index is 838. The highest BCUT2D eigenvalue weighted by atomic mass is 32.2. The third-order valence-corrected chi connectivity index (χ3v) is 6.83. The van der Waals surface area contributed by atoms with Crippen LogP contribution in [0.4, 0.5) is 0 Å². The molecule has 0 N–H and O–H groups in total. The molecular weight excluding hydrogens is 344 g/mol. The summed E-state index contributed by atoms with van der Waals surface area (Å²) in [6, 6.07) is 7.63. The van der Waals surface area contributed by atoms with E-state index in [1.807, 2.05) is 31.2 Å². The van der Waals surface area contributed by atoms with Gasteiger partial charge in [0, 0.05) is 18.7 Å². The molecule has 24 heavy (non-hydrogen) atoms. The molecule has 1 amide bonds. The van der Waals surface area contributed by atoms with Crippen LogP contribution in [0.25, 0.3) is 16.3 Å². The molecule has 7 heteroatoms. The highest BCUT2D eigenvalue weighted by Crippen LogP contribution is 2.23. The zero-order valence-electron chi connectivity index (χ0n) is 13.5. The molecule has 0 bridgehead atoms. The minimum Gasteiger partial charge on any atom is -0.335 e. The van der Waals surface area contributed by atoms with Gasteiger partial charge in [-0.3, -0.25) is 4.79 Å². The van der Waals surface area contributed by atoms with Crippen LogP contribution in [0.5, 0.6) is 0 Å². The predicted octanol–water partition coefficient (Wildman–Crippen LogP) is 2.74. The molecule has 2 heterocycles. The summed E-state index contributed by atoms with van der Waals surface area (Å²) in [7, 11) is -3.01. The van der Waals surface area contributed by atoms with Crippen molar-refractivity contribution >= 4 is 43.4 Å². The molecular formula is C17H20N2O3S2. The summed E-state index contributed by atoms with van der Waals surface area (Å²) in [6.07, 6.45) is 4.57. The maximum absolute atomic E-state index is 12.5.